The zero-order valence-corrected chi connectivity index (χ0v) is 31.8. The van der Waals surface area contributed by atoms with Gasteiger partial charge in [0.25, 0.3) is 0 Å². The monoisotopic (exact) mass is 647 g/mol. The highest BCUT2D eigenvalue weighted by molar-refractivity contribution is 5.80. The van der Waals surface area contributed by atoms with Gasteiger partial charge in [0.15, 0.2) is 0 Å². The summed E-state index contributed by atoms with van der Waals surface area (Å²) < 4.78 is 0. The highest BCUT2D eigenvalue weighted by Gasteiger charge is 2.31. The molecule has 46 heavy (non-hydrogen) atoms. The average molecular weight is 647 g/mol. The Morgan fingerprint density at radius 2 is 0.652 bits per heavy atom. The van der Waals surface area contributed by atoms with E-state index in [1.165, 1.54) is 141 Å². The third-order valence-corrected chi connectivity index (χ3v) is 10.8. The van der Waals surface area contributed by atoms with Gasteiger partial charge in [0.1, 0.15) is 0 Å². The van der Waals surface area contributed by atoms with Crippen LogP contribution in [0.3, 0.4) is 0 Å². The van der Waals surface area contributed by atoms with Crippen molar-refractivity contribution in [1.29, 1.82) is 0 Å². The van der Waals surface area contributed by atoms with Gasteiger partial charge in [0, 0.05) is 23.9 Å². The molecular formula is C42H82N2O2. The minimum absolute atomic E-state index is 0.0885. The Labute approximate surface area is 288 Å². The lowest BCUT2D eigenvalue weighted by Crippen LogP contribution is -2.55. The molecule has 0 saturated heterocycles. The molecule has 1 aliphatic rings. The Bertz CT molecular complexity index is 637. The number of hydrogen-bond acceptors (Lipinski definition) is 2. The molecule has 0 spiro atoms. The van der Waals surface area contributed by atoms with Crippen LogP contribution in [0.15, 0.2) is 0 Å². The molecule has 1 rings (SSSR count). The van der Waals surface area contributed by atoms with Gasteiger partial charge in [-0.25, -0.2) is 0 Å². The van der Waals surface area contributed by atoms with E-state index in [4.69, 9.17) is 0 Å². The van der Waals surface area contributed by atoms with Crippen molar-refractivity contribution in [2.75, 3.05) is 0 Å². The van der Waals surface area contributed by atoms with Crippen molar-refractivity contribution in [3.8, 4) is 0 Å². The van der Waals surface area contributed by atoms with Crippen molar-refractivity contribution in [3.05, 3.63) is 0 Å². The molecule has 0 heterocycles. The fourth-order valence-corrected chi connectivity index (χ4v) is 7.57. The Kier molecular flexibility index (Phi) is 29.2. The van der Waals surface area contributed by atoms with E-state index in [1.54, 1.807) is 0 Å². The van der Waals surface area contributed by atoms with Gasteiger partial charge in [-0.1, -0.05) is 195 Å². The summed E-state index contributed by atoms with van der Waals surface area (Å²) in [6, 6.07) is 0.177. The van der Waals surface area contributed by atoms with E-state index in [9.17, 15) is 9.59 Å². The summed E-state index contributed by atoms with van der Waals surface area (Å²) in [5.74, 6) is 0.791. The van der Waals surface area contributed by atoms with Crippen LogP contribution in [0.1, 0.15) is 233 Å². The highest BCUT2D eigenvalue weighted by Crippen LogP contribution is 2.25. The quantitative estimate of drug-likeness (QED) is 0.0714. The molecule has 4 atom stereocenters. The van der Waals surface area contributed by atoms with E-state index in [0.717, 1.165) is 64.2 Å². The first-order valence-corrected chi connectivity index (χ1v) is 21.2. The molecule has 0 aromatic heterocycles. The van der Waals surface area contributed by atoms with Crippen molar-refractivity contribution < 1.29 is 9.59 Å². The zero-order valence-electron chi connectivity index (χ0n) is 31.8. The molecule has 0 bridgehead atoms. The van der Waals surface area contributed by atoms with E-state index in [0.29, 0.717) is 0 Å². The van der Waals surface area contributed by atoms with E-state index >= 15 is 0 Å². The molecule has 0 aliphatic heterocycles. The molecule has 4 unspecified atom stereocenters. The van der Waals surface area contributed by atoms with Crippen LogP contribution < -0.4 is 10.6 Å². The number of carbonyl (C=O) groups excluding carboxylic acids is 2. The fraction of sp³-hybridized carbons (Fsp3) is 0.952. The molecule has 0 radical (unpaired) electrons. The Morgan fingerprint density at radius 3 is 0.913 bits per heavy atom. The maximum atomic E-state index is 13.8. The Morgan fingerprint density at radius 1 is 0.413 bits per heavy atom. The second-order valence-corrected chi connectivity index (χ2v) is 15.1. The second-order valence-electron chi connectivity index (χ2n) is 15.1. The van der Waals surface area contributed by atoms with Crippen molar-refractivity contribution in [1.82, 2.24) is 10.6 Å². The number of unbranched alkanes of at least 4 members (excludes halogenated alkanes) is 20. The number of rotatable bonds is 32. The summed E-state index contributed by atoms with van der Waals surface area (Å²) in [7, 11) is 0. The predicted molar refractivity (Wildman–Crippen MR) is 201 cm³/mol. The fourth-order valence-electron chi connectivity index (χ4n) is 7.57. The maximum absolute atomic E-state index is 13.8. The Balaban J connectivity index is 2.72. The zero-order chi connectivity index (χ0) is 33.5. The maximum Gasteiger partial charge on any atom is 0.223 e. The number of carbonyl (C=O) groups is 2. The van der Waals surface area contributed by atoms with Gasteiger partial charge >= 0.3 is 0 Å². The van der Waals surface area contributed by atoms with Crippen molar-refractivity contribution in [3.63, 3.8) is 0 Å². The van der Waals surface area contributed by atoms with Crippen LogP contribution in [0.5, 0.6) is 0 Å². The van der Waals surface area contributed by atoms with Gasteiger partial charge in [-0.2, -0.15) is 0 Å². The molecule has 1 saturated carbocycles. The van der Waals surface area contributed by atoms with Crippen LogP contribution in [0, 0.1) is 11.8 Å². The molecule has 0 aromatic carbocycles. The molecule has 272 valence electrons. The van der Waals surface area contributed by atoms with E-state index in [-0.39, 0.29) is 35.7 Å². The van der Waals surface area contributed by atoms with Gasteiger partial charge in [-0.15, -0.1) is 0 Å². The smallest absolute Gasteiger partial charge is 0.223 e. The lowest BCUT2D eigenvalue weighted by atomic mass is 9.87. The Hall–Kier alpha value is -1.06. The van der Waals surface area contributed by atoms with Crippen LogP contribution in [0.25, 0.3) is 0 Å². The van der Waals surface area contributed by atoms with E-state index < -0.39 is 0 Å². The van der Waals surface area contributed by atoms with Gasteiger partial charge in [-0.3, -0.25) is 9.59 Å². The molecule has 1 aliphatic carbocycles. The van der Waals surface area contributed by atoms with Crippen molar-refractivity contribution in [2.45, 2.75) is 245 Å². The van der Waals surface area contributed by atoms with Gasteiger partial charge in [-0.05, 0) is 38.5 Å². The highest BCUT2D eigenvalue weighted by atomic mass is 16.2. The first kappa shape index (κ1) is 43.0. The summed E-state index contributed by atoms with van der Waals surface area (Å²) in [6.45, 7) is 9.08. The van der Waals surface area contributed by atoms with Gasteiger partial charge < -0.3 is 10.6 Å². The standard InChI is InChI=1S/C42H82N2O2/c1-5-9-13-17-19-23-27-33-37(31-25-21-15-11-7-3)41(45)43-39-35-29-30-36-40(39)44-42(46)38(32-26-22-16-12-8-4)34-28-24-20-18-14-10-6-2/h37-40H,5-36H2,1-4H3,(H,43,45)(H,44,46). The van der Waals surface area contributed by atoms with Crippen LogP contribution in [0.2, 0.25) is 0 Å². The summed E-state index contributed by atoms with van der Waals surface area (Å²) >= 11 is 0. The van der Waals surface area contributed by atoms with Crippen molar-refractivity contribution in [2.24, 2.45) is 11.8 Å². The van der Waals surface area contributed by atoms with E-state index in [2.05, 4.69) is 38.3 Å². The molecule has 4 heteroatoms. The van der Waals surface area contributed by atoms with E-state index in [1.807, 2.05) is 0 Å². The molecule has 2 amide bonds. The average Bonchev–Trinajstić information content (AvgIpc) is 3.06. The van der Waals surface area contributed by atoms with Crippen LogP contribution in [-0.2, 0) is 9.59 Å². The topological polar surface area (TPSA) is 58.2 Å². The molecular weight excluding hydrogens is 564 g/mol. The molecule has 1 fully saturated rings. The summed E-state index contributed by atoms with van der Waals surface area (Å²) in [6.07, 6.45) is 39.0. The lowest BCUT2D eigenvalue weighted by molar-refractivity contribution is -0.129. The predicted octanol–water partition coefficient (Wildman–Crippen LogP) is 12.8. The lowest BCUT2D eigenvalue weighted by Gasteiger charge is -2.35. The largest absolute Gasteiger partial charge is 0.351 e. The first-order valence-electron chi connectivity index (χ1n) is 21.2. The minimum atomic E-state index is 0.0885. The summed E-state index contributed by atoms with van der Waals surface area (Å²) in [4.78, 5) is 27.5. The molecule has 4 nitrogen and oxygen atoms in total. The third-order valence-electron chi connectivity index (χ3n) is 10.8. The van der Waals surface area contributed by atoms with Crippen LogP contribution >= 0.6 is 0 Å². The SMILES string of the molecule is CCCCCCCCCC(CCCCCCC)C(=O)NC1CCCCC1NC(=O)C(CCCCCCC)CCCCCCCCC. The number of hydrogen-bond donors (Lipinski definition) is 2. The second kappa shape index (κ2) is 31.2. The van der Waals surface area contributed by atoms with Gasteiger partial charge in [0.2, 0.25) is 11.8 Å². The summed E-state index contributed by atoms with van der Waals surface area (Å²) in [5, 5.41) is 7.05. The number of amides is 2. The molecule has 2 N–H and O–H groups in total. The van der Waals surface area contributed by atoms with Crippen molar-refractivity contribution >= 4 is 11.8 Å². The third kappa shape index (κ3) is 22.5. The minimum Gasteiger partial charge on any atom is -0.351 e. The summed E-state index contributed by atoms with van der Waals surface area (Å²) in [5.41, 5.74) is 0. The molecule has 0 aromatic rings. The number of nitrogens with one attached hydrogen (secondary N) is 2. The first-order chi connectivity index (χ1) is 22.6. The van der Waals surface area contributed by atoms with Gasteiger partial charge in [0.05, 0.1) is 0 Å². The van der Waals surface area contributed by atoms with Crippen LogP contribution in [0.4, 0.5) is 0 Å². The normalized spacial score (nSPS) is 17.9. The van der Waals surface area contributed by atoms with Crippen LogP contribution in [-0.4, -0.2) is 23.9 Å².